The highest BCUT2D eigenvalue weighted by Crippen LogP contribution is 2.17. The predicted octanol–water partition coefficient (Wildman–Crippen LogP) is 2.77. The molecule has 0 aromatic heterocycles. The Kier molecular flexibility index (Phi) is 6.31. The van der Waals surface area contributed by atoms with E-state index in [1.165, 1.54) is 6.07 Å². The van der Waals surface area contributed by atoms with E-state index in [1.54, 1.807) is 0 Å². The molecule has 0 atom stereocenters. The number of urea groups is 1. The van der Waals surface area contributed by atoms with E-state index >= 15 is 0 Å². The molecule has 0 aliphatic carbocycles. The van der Waals surface area contributed by atoms with E-state index in [1.807, 2.05) is 30.3 Å². The Morgan fingerprint density at radius 1 is 1.09 bits per heavy atom. The molecule has 0 fully saturated rings. The van der Waals surface area contributed by atoms with Gasteiger partial charge in [0.15, 0.2) is 11.6 Å². The van der Waals surface area contributed by atoms with Crippen molar-refractivity contribution in [3.63, 3.8) is 0 Å². The van der Waals surface area contributed by atoms with Crippen LogP contribution in [0.25, 0.3) is 0 Å². The lowest BCUT2D eigenvalue weighted by molar-refractivity contribution is 0.0488. The smallest absolute Gasteiger partial charge is 0.338 e. The first kappa shape index (κ1) is 16.7. The van der Waals surface area contributed by atoms with Gasteiger partial charge in [0, 0.05) is 6.07 Å². The number of nitrogens with one attached hydrogen (secondary N) is 2. The second-order valence-electron chi connectivity index (χ2n) is 4.56. The number of carbonyl (C=O) groups excluding carboxylic acids is 1. The van der Waals surface area contributed by atoms with Gasteiger partial charge >= 0.3 is 6.03 Å². The van der Waals surface area contributed by atoms with E-state index in [4.69, 9.17) is 9.57 Å². The Balaban J connectivity index is 1.59. The number of hydroxylamine groups is 1. The Labute approximate surface area is 132 Å². The zero-order valence-corrected chi connectivity index (χ0v) is 12.2. The average Bonchev–Trinajstić information content (AvgIpc) is 2.54. The zero-order chi connectivity index (χ0) is 16.5. The maximum Gasteiger partial charge on any atom is 0.338 e. The van der Waals surface area contributed by atoms with E-state index in [0.29, 0.717) is 0 Å². The third kappa shape index (κ3) is 5.91. The largest absolute Gasteiger partial charge is 0.489 e. The molecule has 5 nitrogen and oxygen atoms in total. The van der Waals surface area contributed by atoms with E-state index < -0.39 is 17.7 Å². The molecule has 0 aliphatic heterocycles. The van der Waals surface area contributed by atoms with Gasteiger partial charge < -0.3 is 10.1 Å². The van der Waals surface area contributed by atoms with Crippen molar-refractivity contribution in [1.29, 1.82) is 0 Å². The van der Waals surface area contributed by atoms with Crippen molar-refractivity contribution in [1.82, 2.24) is 10.8 Å². The monoisotopic (exact) mass is 322 g/mol. The van der Waals surface area contributed by atoms with Gasteiger partial charge in [0.05, 0.1) is 13.2 Å². The van der Waals surface area contributed by atoms with Crippen LogP contribution in [-0.2, 0) is 11.4 Å². The Morgan fingerprint density at radius 2 is 1.87 bits per heavy atom. The third-order valence-corrected chi connectivity index (χ3v) is 2.79. The molecule has 2 N–H and O–H groups in total. The van der Waals surface area contributed by atoms with Crippen LogP contribution in [0.3, 0.4) is 0 Å². The molecular weight excluding hydrogens is 306 g/mol. The van der Waals surface area contributed by atoms with Crippen LogP contribution in [0.15, 0.2) is 48.5 Å². The van der Waals surface area contributed by atoms with E-state index in [2.05, 4.69) is 10.8 Å². The first-order chi connectivity index (χ1) is 11.1. The number of hydrogen-bond acceptors (Lipinski definition) is 3. The summed E-state index contributed by atoms with van der Waals surface area (Å²) in [6.07, 6.45) is 0. The van der Waals surface area contributed by atoms with E-state index in [-0.39, 0.29) is 25.5 Å². The second kappa shape index (κ2) is 8.70. The fraction of sp³-hybridized carbons (Fsp3) is 0.188. The molecule has 0 radical (unpaired) electrons. The Bertz CT molecular complexity index is 638. The highest BCUT2D eigenvalue weighted by molar-refractivity contribution is 5.72. The van der Waals surface area contributed by atoms with Crippen LogP contribution in [0.1, 0.15) is 5.56 Å². The topological polar surface area (TPSA) is 59.6 Å². The van der Waals surface area contributed by atoms with Gasteiger partial charge in [0.1, 0.15) is 12.4 Å². The van der Waals surface area contributed by atoms with Gasteiger partial charge in [-0.2, -0.15) is 0 Å². The maximum atomic E-state index is 13.3. The molecule has 122 valence electrons. The highest BCUT2D eigenvalue weighted by atomic mass is 19.1. The van der Waals surface area contributed by atoms with Gasteiger partial charge in [0.2, 0.25) is 0 Å². The fourth-order valence-electron chi connectivity index (χ4n) is 1.71. The number of halogens is 2. The predicted molar refractivity (Wildman–Crippen MR) is 79.6 cm³/mol. The standard InChI is InChI=1S/C16H16F2N2O3/c17-13-6-7-15(14(18)10-13)22-9-8-19-16(21)20-23-11-12-4-2-1-3-5-12/h1-7,10H,8-9,11H2,(H2,19,20,21). The van der Waals surface area contributed by atoms with Gasteiger partial charge in [0.25, 0.3) is 0 Å². The Morgan fingerprint density at radius 3 is 2.61 bits per heavy atom. The molecule has 2 aromatic rings. The molecule has 0 bridgehead atoms. The minimum atomic E-state index is -0.791. The summed E-state index contributed by atoms with van der Waals surface area (Å²) in [4.78, 5) is 16.5. The van der Waals surface area contributed by atoms with Crippen molar-refractivity contribution in [3.05, 3.63) is 65.7 Å². The minimum Gasteiger partial charge on any atom is -0.489 e. The number of rotatable bonds is 7. The lowest BCUT2D eigenvalue weighted by atomic mass is 10.2. The molecule has 0 heterocycles. The fourth-order valence-corrected chi connectivity index (χ4v) is 1.71. The number of ether oxygens (including phenoxy) is 1. The van der Waals surface area contributed by atoms with Crippen molar-refractivity contribution < 1.29 is 23.1 Å². The molecule has 0 spiro atoms. The molecule has 0 aliphatic rings. The second-order valence-corrected chi connectivity index (χ2v) is 4.56. The molecule has 2 aromatic carbocycles. The number of benzene rings is 2. The summed E-state index contributed by atoms with van der Waals surface area (Å²) in [7, 11) is 0. The van der Waals surface area contributed by atoms with Crippen LogP contribution in [0.2, 0.25) is 0 Å². The quantitative estimate of drug-likeness (QED) is 0.609. The summed E-state index contributed by atoms with van der Waals surface area (Å²) >= 11 is 0. The van der Waals surface area contributed by atoms with E-state index in [9.17, 15) is 13.6 Å². The summed E-state index contributed by atoms with van der Waals surface area (Å²) in [5.74, 6) is -1.54. The van der Waals surface area contributed by atoms with Gasteiger partial charge in [-0.1, -0.05) is 30.3 Å². The van der Waals surface area contributed by atoms with Crippen molar-refractivity contribution in [2.24, 2.45) is 0 Å². The summed E-state index contributed by atoms with van der Waals surface area (Å²) in [6, 6.07) is 11.8. The van der Waals surface area contributed by atoms with Gasteiger partial charge in [-0.3, -0.25) is 4.84 Å². The lowest BCUT2D eigenvalue weighted by Gasteiger charge is -2.09. The maximum absolute atomic E-state index is 13.3. The molecule has 0 saturated heterocycles. The molecule has 23 heavy (non-hydrogen) atoms. The summed E-state index contributed by atoms with van der Waals surface area (Å²) in [5, 5.41) is 2.47. The zero-order valence-electron chi connectivity index (χ0n) is 12.2. The van der Waals surface area contributed by atoms with Gasteiger partial charge in [-0.15, -0.1) is 0 Å². The van der Waals surface area contributed by atoms with Crippen LogP contribution in [-0.4, -0.2) is 19.2 Å². The minimum absolute atomic E-state index is 0.0364. The summed E-state index contributed by atoms with van der Waals surface area (Å²) in [6.45, 7) is 0.414. The van der Waals surface area contributed by atoms with Crippen molar-refractivity contribution >= 4 is 6.03 Å². The van der Waals surface area contributed by atoms with Crippen molar-refractivity contribution in [2.75, 3.05) is 13.2 Å². The normalized spacial score (nSPS) is 10.2. The third-order valence-electron chi connectivity index (χ3n) is 2.79. The number of carbonyl (C=O) groups is 1. The first-order valence-corrected chi connectivity index (χ1v) is 6.92. The molecule has 2 amide bonds. The van der Waals surface area contributed by atoms with Crippen LogP contribution in [0, 0.1) is 11.6 Å². The first-order valence-electron chi connectivity index (χ1n) is 6.92. The number of amides is 2. The number of hydrogen-bond donors (Lipinski definition) is 2. The Hall–Kier alpha value is -2.67. The SMILES string of the molecule is O=C(NCCOc1ccc(F)cc1F)NOCc1ccccc1. The van der Waals surface area contributed by atoms with Crippen LogP contribution < -0.4 is 15.5 Å². The van der Waals surface area contributed by atoms with Crippen LogP contribution in [0.5, 0.6) is 5.75 Å². The summed E-state index contributed by atoms with van der Waals surface area (Å²) < 4.78 is 31.1. The summed E-state index contributed by atoms with van der Waals surface area (Å²) in [5.41, 5.74) is 3.14. The molecule has 0 saturated carbocycles. The molecular formula is C16H16F2N2O3. The molecule has 2 rings (SSSR count). The van der Waals surface area contributed by atoms with Gasteiger partial charge in [-0.25, -0.2) is 19.1 Å². The van der Waals surface area contributed by atoms with Gasteiger partial charge in [-0.05, 0) is 17.7 Å². The van der Waals surface area contributed by atoms with Crippen LogP contribution in [0.4, 0.5) is 13.6 Å². The highest BCUT2D eigenvalue weighted by Gasteiger charge is 2.05. The van der Waals surface area contributed by atoms with E-state index in [0.717, 1.165) is 17.7 Å². The van der Waals surface area contributed by atoms with Crippen molar-refractivity contribution in [2.45, 2.75) is 6.61 Å². The lowest BCUT2D eigenvalue weighted by Crippen LogP contribution is -2.37. The molecule has 7 heteroatoms. The molecule has 0 unspecified atom stereocenters. The average molecular weight is 322 g/mol. The van der Waals surface area contributed by atoms with Crippen LogP contribution >= 0.6 is 0 Å². The van der Waals surface area contributed by atoms with Crippen molar-refractivity contribution in [3.8, 4) is 5.75 Å².